The first-order valence-corrected chi connectivity index (χ1v) is 9.06. The molecule has 0 bridgehead atoms. The smallest absolute Gasteiger partial charge is 0.322 e. The number of nitrogens with one attached hydrogen (secondary N) is 1. The molecule has 1 heterocycles. The lowest BCUT2D eigenvalue weighted by Gasteiger charge is -2.35. The van der Waals surface area contributed by atoms with Crippen molar-refractivity contribution in [1.82, 2.24) is 4.90 Å². The summed E-state index contributed by atoms with van der Waals surface area (Å²) in [6, 6.07) is 5.29. The predicted molar refractivity (Wildman–Crippen MR) is 94.9 cm³/mol. The Morgan fingerprint density at radius 1 is 1.25 bits per heavy atom. The van der Waals surface area contributed by atoms with Gasteiger partial charge in [0.15, 0.2) is 0 Å². The summed E-state index contributed by atoms with van der Waals surface area (Å²) in [6.07, 6.45) is 4.96. The van der Waals surface area contributed by atoms with Crippen molar-refractivity contribution in [3.63, 3.8) is 0 Å². The Kier molecular flexibility index (Phi) is 5.51. The molecule has 0 radical (unpaired) electrons. The van der Waals surface area contributed by atoms with Crippen LogP contribution in [0.2, 0.25) is 5.02 Å². The average Bonchev–Trinajstić information content (AvgIpc) is 3.02. The molecule has 2 aliphatic rings. The van der Waals surface area contributed by atoms with Gasteiger partial charge in [-0.2, -0.15) is 0 Å². The maximum absolute atomic E-state index is 12.4. The largest absolute Gasteiger partial charge is 0.489 e. The molecule has 1 N–H and O–H groups in total. The highest BCUT2D eigenvalue weighted by molar-refractivity contribution is 6.32. The van der Waals surface area contributed by atoms with Gasteiger partial charge in [0.1, 0.15) is 5.75 Å². The lowest BCUT2D eigenvalue weighted by Crippen LogP contribution is -2.49. The first kappa shape index (κ1) is 17.4. The molecule has 1 aromatic carbocycles. The number of amides is 2. The van der Waals surface area contributed by atoms with Gasteiger partial charge in [-0.05, 0) is 57.7 Å². The minimum atomic E-state index is -0.127. The van der Waals surface area contributed by atoms with Crippen LogP contribution < -0.4 is 10.1 Å². The van der Waals surface area contributed by atoms with Crippen LogP contribution in [0.3, 0.4) is 0 Å². The van der Waals surface area contributed by atoms with Crippen LogP contribution in [-0.2, 0) is 4.74 Å². The molecule has 1 aliphatic carbocycles. The van der Waals surface area contributed by atoms with E-state index in [1.807, 2.05) is 26.0 Å². The van der Waals surface area contributed by atoms with Gasteiger partial charge < -0.3 is 19.7 Å². The third kappa shape index (κ3) is 4.33. The summed E-state index contributed by atoms with van der Waals surface area (Å²) < 4.78 is 11.6. The Hall–Kier alpha value is -1.46. The van der Waals surface area contributed by atoms with Crippen LogP contribution in [0.4, 0.5) is 10.5 Å². The van der Waals surface area contributed by atoms with E-state index in [1.165, 1.54) is 12.8 Å². The molecular weight excluding hydrogens is 328 g/mol. The maximum Gasteiger partial charge on any atom is 0.322 e. The Labute approximate surface area is 148 Å². The molecule has 2 atom stereocenters. The van der Waals surface area contributed by atoms with Crippen molar-refractivity contribution < 1.29 is 14.3 Å². The summed E-state index contributed by atoms with van der Waals surface area (Å²) in [5, 5.41) is 3.44. The van der Waals surface area contributed by atoms with Gasteiger partial charge in [0.25, 0.3) is 0 Å². The Morgan fingerprint density at radius 2 is 1.92 bits per heavy atom. The number of ether oxygens (including phenoxy) is 2. The third-order valence-electron chi connectivity index (χ3n) is 4.49. The van der Waals surface area contributed by atoms with Crippen LogP contribution in [-0.4, -0.2) is 42.3 Å². The summed E-state index contributed by atoms with van der Waals surface area (Å²) in [6.45, 7) is 5.13. The number of hydrogen-bond donors (Lipinski definition) is 1. The molecule has 0 spiro atoms. The van der Waals surface area contributed by atoms with Gasteiger partial charge in [-0.15, -0.1) is 0 Å². The van der Waals surface area contributed by atoms with E-state index in [4.69, 9.17) is 21.1 Å². The molecule has 24 heavy (non-hydrogen) atoms. The summed E-state index contributed by atoms with van der Waals surface area (Å²) >= 11 is 6.31. The predicted octanol–water partition coefficient (Wildman–Crippen LogP) is 4.30. The highest BCUT2D eigenvalue weighted by Crippen LogP contribution is 2.31. The number of hydrogen-bond acceptors (Lipinski definition) is 3. The molecule has 5 nitrogen and oxygen atoms in total. The molecule has 1 saturated heterocycles. The summed E-state index contributed by atoms with van der Waals surface area (Å²) in [5.41, 5.74) is 0.676. The van der Waals surface area contributed by atoms with Crippen molar-refractivity contribution in [3.8, 4) is 5.75 Å². The van der Waals surface area contributed by atoms with Crippen LogP contribution in [0, 0.1) is 0 Å². The van der Waals surface area contributed by atoms with Crippen LogP contribution in [0.15, 0.2) is 18.2 Å². The lowest BCUT2D eigenvalue weighted by atomic mass is 10.2. The van der Waals surface area contributed by atoms with E-state index >= 15 is 0 Å². The number of carbonyl (C=O) groups is 1. The molecule has 0 aromatic heterocycles. The normalized spacial score (nSPS) is 24.9. The molecule has 2 unspecified atom stereocenters. The van der Waals surface area contributed by atoms with E-state index in [2.05, 4.69) is 5.32 Å². The number of carbonyl (C=O) groups excluding carboxylic acids is 1. The quantitative estimate of drug-likeness (QED) is 0.882. The SMILES string of the molecule is CC1CN(C(=O)Nc2ccc(OC3CCCC3)c(Cl)c2)CC(C)O1. The van der Waals surface area contributed by atoms with E-state index in [9.17, 15) is 4.79 Å². The van der Waals surface area contributed by atoms with Crippen LogP contribution in [0.25, 0.3) is 0 Å². The van der Waals surface area contributed by atoms with Crippen molar-refractivity contribution in [2.24, 2.45) is 0 Å². The Balaban J connectivity index is 1.60. The molecule has 1 aliphatic heterocycles. The zero-order valence-corrected chi connectivity index (χ0v) is 15.0. The number of nitrogens with zero attached hydrogens (tertiary/aromatic N) is 1. The minimum Gasteiger partial charge on any atom is -0.489 e. The van der Waals surface area contributed by atoms with E-state index in [-0.39, 0.29) is 24.3 Å². The number of benzene rings is 1. The van der Waals surface area contributed by atoms with Gasteiger partial charge in [-0.3, -0.25) is 0 Å². The summed E-state index contributed by atoms with van der Waals surface area (Å²) in [7, 11) is 0. The second-order valence-electron chi connectivity index (χ2n) is 6.76. The molecule has 132 valence electrons. The Bertz CT molecular complexity index is 580. The highest BCUT2D eigenvalue weighted by atomic mass is 35.5. The minimum absolute atomic E-state index is 0.0466. The van der Waals surface area contributed by atoms with Gasteiger partial charge in [0, 0.05) is 18.8 Å². The fraction of sp³-hybridized carbons (Fsp3) is 0.611. The number of halogens is 1. The highest BCUT2D eigenvalue weighted by Gasteiger charge is 2.26. The van der Waals surface area contributed by atoms with Crippen molar-refractivity contribution in [1.29, 1.82) is 0 Å². The topological polar surface area (TPSA) is 50.8 Å². The Morgan fingerprint density at radius 3 is 2.54 bits per heavy atom. The van der Waals surface area contributed by atoms with E-state index in [1.54, 1.807) is 11.0 Å². The van der Waals surface area contributed by atoms with Gasteiger partial charge >= 0.3 is 6.03 Å². The molecule has 2 fully saturated rings. The van der Waals surface area contributed by atoms with Crippen molar-refractivity contribution >= 4 is 23.3 Å². The average molecular weight is 353 g/mol. The summed E-state index contributed by atoms with van der Waals surface area (Å²) in [4.78, 5) is 14.2. The number of rotatable bonds is 3. The van der Waals surface area contributed by atoms with Crippen LogP contribution >= 0.6 is 11.6 Å². The second-order valence-corrected chi connectivity index (χ2v) is 7.17. The maximum atomic E-state index is 12.4. The second kappa shape index (κ2) is 7.62. The van der Waals surface area contributed by atoms with E-state index < -0.39 is 0 Å². The van der Waals surface area contributed by atoms with Crippen molar-refractivity contribution in [2.75, 3.05) is 18.4 Å². The molecular formula is C18H25ClN2O3. The number of anilines is 1. The van der Waals surface area contributed by atoms with Gasteiger partial charge in [-0.25, -0.2) is 4.79 Å². The standard InChI is InChI=1S/C18H25ClN2O3/c1-12-10-21(11-13(2)23-12)18(22)20-14-7-8-17(16(19)9-14)24-15-5-3-4-6-15/h7-9,12-13,15H,3-6,10-11H2,1-2H3,(H,20,22). The first-order chi connectivity index (χ1) is 11.5. The zero-order chi connectivity index (χ0) is 17.1. The van der Waals surface area contributed by atoms with Gasteiger partial charge in [0.2, 0.25) is 0 Å². The number of urea groups is 1. The lowest BCUT2D eigenvalue weighted by molar-refractivity contribution is -0.0530. The third-order valence-corrected chi connectivity index (χ3v) is 4.78. The summed E-state index contributed by atoms with van der Waals surface area (Å²) in [5.74, 6) is 0.690. The molecule has 1 aromatic rings. The van der Waals surface area contributed by atoms with Gasteiger partial charge in [-0.1, -0.05) is 11.6 Å². The molecule has 2 amide bonds. The van der Waals surface area contributed by atoms with Crippen LogP contribution in [0.1, 0.15) is 39.5 Å². The monoisotopic (exact) mass is 352 g/mol. The molecule has 3 rings (SSSR count). The van der Waals surface area contributed by atoms with Crippen molar-refractivity contribution in [2.45, 2.75) is 57.8 Å². The van der Waals surface area contributed by atoms with Crippen LogP contribution in [0.5, 0.6) is 5.75 Å². The fourth-order valence-corrected chi connectivity index (χ4v) is 3.63. The number of morpholine rings is 1. The van der Waals surface area contributed by atoms with Gasteiger partial charge in [0.05, 0.1) is 23.3 Å². The fourth-order valence-electron chi connectivity index (χ4n) is 3.41. The first-order valence-electron chi connectivity index (χ1n) is 8.69. The van der Waals surface area contributed by atoms with Crippen molar-refractivity contribution in [3.05, 3.63) is 23.2 Å². The molecule has 6 heteroatoms. The molecule has 1 saturated carbocycles. The zero-order valence-electron chi connectivity index (χ0n) is 14.3. The van der Waals surface area contributed by atoms with E-state index in [0.717, 1.165) is 12.8 Å². The van der Waals surface area contributed by atoms with E-state index in [0.29, 0.717) is 29.5 Å².